The number of carbonyl (C=O) groups is 1. The molecule has 0 saturated heterocycles. The lowest BCUT2D eigenvalue weighted by Crippen LogP contribution is -2.11. The molecule has 0 aliphatic carbocycles. The predicted octanol–water partition coefficient (Wildman–Crippen LogP) is 5.99. The molecule has 33 heavy (non-hydrogen) atoms. The summed E-state index contributed by atoms with van der Waals surface area (Å²) in [5, 5.41) is 0.527. The lowest BCUT2D eigenvalue weighted by atomic mass is 9.97. The van der Waals surface area contributed by atoms with Gasteiger partial charge in [0.1, 0.15) is 11.5 Å². The highest BCUT2D eigenvalue weighted by molar-refractivity contribution is 9.10. The summed E-state index contributed by atoms with van der Waals surface area (Å²) < 4.78 is 47.9. The van der Waals surface area contributed by atoms with Gasteiger partial charge >= 0.3 is 5.97 Å². The molecule has 2 aromatic heterocycles. The van der Waals surface area contributed by atoms with Gasteiger partial charge in [-0.1, -0.05) is 31.5 Å². The number of carbonyl (C=O) groups excluding carboxylic acids is 1. The Morgan fingerprint density at radius 2 is 1.82 bits per heavy atom. The maximum Gasteiger partial charge on any atom is 0.355 e. The van der Waals surface area contributed by atoms with Crippen molar-refractivity contribution in [2.75, 3.05) is 7.11 Å². The first kappa shape index (κ1) is 23.3. The Labute approximate surface area is 199 Å². The summed E-state index contributed by atoms with van der Waals surface area (Å²) in [7, 11) is -2.67. The van der Waals surface area contributed by atoms with E-state index in [1.807, 2.05) is 20.8 Å². The van der Waals surface area contributed by atoms with Gasteiger partial charge in [-0.05, 0) is 64.7 Å². The van der Waals surface area contributed by atoms with E-state index in [2.05, 4.69) is 20.9 Å². The number of benzene rings is 2. The van der Waals surface area contributed by atoms with E-state index >= 15 is 0 Å². The van der Waals surface area contributed by atoms with Crippen LogP contribution in [0, 0.1) is 12.7 Å². The Morgan fingerprint density at radius 3 is 2.42 bits per heavy atom. The average molecular weight is 533 g/mol. The van der Waals surface area contributed by atoms with Gasteiger partial charge in [-0.3, -0.25) is 0 Å². The number of hydrogen-bond donors (Lipinski definition) is 1. The van der Waals surface area contributed by atoms with Gasteiger partial charge in [0.2, 0.25) is 0 Å². The second-order valence-electron chi connectivity index (χ2n) is 8.06. The molecule has 2 aromatic carbocycles. The number of aromatic amines is 1. The summed E-state index contributed by atoms with van der Waals surface area (Å²) in [6.45, 7) is 5.76. The molecule has 4 aromatic rings. The molecule has 172 valence electrons. The van der Waals surface area contributed by atoms with Gasteiger partial charge in [0, 0.05) is 17.1 Å². The molecule has 0 amide bonds. The minimum atomic E-state index is -3.95. The molecule has 0 aliphatic rings. The first-order valence-electron chi connectivity index (χ1n) is 10.2. The van der Waals surface area contributed by atoms with Crippen LogP contribution >= 0.6 is 15.9 Å². The Kier molecular flexibility index (Phi) is 5.96. The summed E-state index contributed by atoms with van der Waals surface area (Å²) >= 11 is 3.47. The number of nitrogens with one attached hydrogen (secondary N) is 1. The molecule has 0 bridgehead atoms. The number of fused-ring (bicyclic) bond motifs is 1. The van der Waals surface area contributed by atoms with E-state index in [1.165, 1.54) is 37.6 Å². The average Bonchev–Trinajstić information content (AvgIpc) is 3.34. The molecule has 9 heteroatoms. The van der Waals surface area contributed by atoms with Gasteiger partial charge in [0.15, 0.2) is 0 Å². The second kappa shape index (κ2) is 8.46. The van der Waals surface area contributed by atoms with Crippen LogP contribution in [0.2, 0.25) is 0 Å². The summed E-state index contributed by atoms with van der Waals surface area (Å²) in [6, 6.07) is 10.6. The van der Waals surface area contributed by atoms with E-state index in [9.17, 15) is 17.6 Å². The van der Waals surface area contributed by atoms with Gasteiger partial charge < -0.3 is 9.72 Å². The molecule has 0 saturated carbocycles. The van der Waals surface area contributed by atoms with Crippen LogP contribution in [0.15, 0.2) is 58.0 Å². The molecule has 0 spiro atoms. The number of nitrogens with zero attached hydrogens (tertiary/aromatic N) is 1. The van der Waals surface area contributed by atoms with Gasteiger partial charge in [-0.2, -0.15) is 0 Å². The van der Waals surface area contributed by atoms with Gasteiger partial charge in [0.05, 0.1) is 27.7 Å². The van der Waals surface area contributed by atoms with Gasteiger partial charge in [0.25, 0.3) is 10.0 Å². The number of aryl methyl sites for hydroxylation is 1. The zero-order valence-electron chi connectivity index (χ0n) is 18.4. The lowest BCUT2D eigenvalue weighted by molar-refractivity contribution is 0.0593. The first-order valence-corrected chi connectivity index (χ1v) is 12.4. The van der Waals surface area contributed by atoms with Crippen molar-refractivity contribution in [1.82, 2.24) is 8.96 Å². The Morgan fingerprint density at radius 1 is 1.15 bits per heavy atom. The van der Waals surface area contributed by atoms with Crippen LogP contribution in [0.3, 0.4) is 0 Å². The van der Waals surface area contributed by atoms with Crippen LogP contribution in [0.1, 0.15) is 41.4 Å². The molecular formula is C24H22BrFN2O4S. The highest BCUT2D eigenvalue weighted by Crippen LogP contribution is 2.41. The zero-order valence-corrected chi connectivity index (χ0v) is 20.8. The van der Waals surface area contributed by atoms with Crippen LogP contribution in [-0.4, -0.2) is 30.5 Å². The van der Waals surface area contributed by atoms with Crippen molar-refractivity contribution < 1.29 is 22.3 Å². The number of H-pyrrole nitrogens is 1. The largest absolute Gasteiger partial charge is 0.464 e. The molecule has 0 unspecified atom stereocenters. The SMILES string of the molecule is COC(=O)c1[nH]c(-c2cc(F)cc3c2ccn3S(=O)(=O)c2ccc(C)cc2)c(C(C)C)c1Br. The number of methoxy groups -OCH3 is 1. The van der Waals surface area contributed by atoms with E-state index in [0.29, 0.717) is 21.1 Å². The number of rotatable bonds is 5. The normalized spacial score (nSPS) is 12.0. The third kappa shape index (κ3) is 3.89. The van der Waals surface area contributed by atoms with Crippen LogP contribution in [-0.2, 0) is 14.8 Å². The second-order valence-corrected chi connectivity index (χ2v) is 10.7. The first-order chi connectivity index (χ1) is 15.6. The van der Waals surface area contributed by atoms with E-state index < -0.39 is 21.8 Å². The molecular weight excluding hydrogens is 511 g/mol. The molecule has 2 heterocycles. The minimum absolute atomic E-state index is 0.0271. The topological polar surface area (TPSA) is 81.2 Å². The van der Waals surface area contributed by atoms with E-state index in [0.717, 1.165) is 15.1 Å². The van der Waals surface area contributed by atoms with Crippen molar-refractivity contribution in [3.8, 4) is 11.3 Å². The molecule has 0 atom stereocenters. The molecule has 6 nitrogen and oxygen atoms in total. The Bertz CT molecular complexity index is 1490. The number of halogens is 2. The third-order valence-corrected chi connectivity index (χ3v) is 8.05. The van der Waals surface area contributed by atoms with Crippen LogP contribution in [0.5, 0.6) is 0 Å². The van der Waals surface area contributed by atoms with E-state index in [1.54, 1.807) is 18.2 Å². The highest BCUT2D eigenvalue weighted by atomic mass is 79.9. The monoisotopic (exact) mass is 532 g/mol. The third-order valence-electron chi connectivity index (χ3n) is 5.53. The van der Waals surface area contributed by atoms with Crippen LogP contribution < -0.4 is 0 Å². The lowest BCUT2D eigenvalue weighted by Gasteiger charge is -2.12. The molecule has 1 N–H and O–H groups in total. The fourth-order valence-electron chi connectivity index (χ4n) is 3.91. The van der Waals surface area contributed by atoms with Crippen molar-refractivity contribution in [3.05, 3.63) is 75.8 Å². The molecule has 0 aliphatic heterocycles. The van der Waals surface area contributed by atoms with Crippen molar-refractivity contribution in [3.63, 3.8) is 0 Å². The highest BCUT2D eigenvalue weighted by Gasteiger charge is 2.27. The van der Waals surface area contributed by atoms with Gasteiger partial charge in [-0.25, -0.2) is 21.6 Å². The van der Waals surface area contributed by atoms with Crippen LogP contribution in [0.4, 0.5) is 4.39 Å². The van der Waals surface area contributed by atoms with E-state index in [-0.39, 0.29) is 22.0 Å². The maximum absolute atomic E-state index is 14.8. The Hall–Kier alpha value is -2.91. The number of aromatic nitrogens is 2. The fourth-order valence-corrected chi connectivity index (χ4v) is 6.17. The van der Waals surface area contributed by atoms with Crippen molar-refractivity contribution in [2.24, 2.45) is 0 Å². The molecule has 0 radical (unpaired) electrons. The maximum atomic E-state index is 14.8. The Balaban J connectivity index is 1.99. The zero-order chi connectivity index (χ0) is 24.1. The smallest absolute Gasteiger partial charge is 0.355 e. The van der Waals surface area contributed by atoms with E-state index in [4.69, 9.17) is 4.74 Å². The standard InChI is InChI=1S/C24H22BrFN2O4S/c1-13(2)20-21(25)23(24(29)32-4)27-22(20)18-11-15(26)12-19-17(18)9-10-28(19)33(30,31)16-7-5-14(3)6-8-16/h5-13,27H,1-4H3. The summed E-state index contributed by atoms with van der Waals surface area (Å²) in [6.07, 6.45) is 1.41. The summed E-state index contributed by atoms with van der Waals surface area (Å²) in [4.78, 5) is 15.4. The minimum Gasteiger partial charge on any atom is -0.464 e. The number of esters is 1. The molecule has 4 rings (SSSR count). The van der Waals surface area contributed by atoms with Gasteiger partial charge in [-0.15, -0.1) is 0 Å². The van der Waals surface area contributed by atoms with Crippen molar-refractivity contribution >= 4 is 42.8 Å². The predicted molar refractivity (Wildman–Crippen MR) is 129 cm³/mol. The quantitative estimate of drug-likeness (QED) is 0.320. The van der Waals surface area contributed by atoms with Crippen molar-refractivity contribution in [1.29, 1.82) is 0 Å². The summed E-state index contributed by atoms with van der Waals surface area (Å²) in [5.41, 5.74) is 3.07. The number of ether oxygens (including phenoxy) is 1. The number of hydrogen-bond acceptors (Lipinski definition) is 4. The van der Waals surface area contributed by atoms with Crippen molar-refractivity contribution in [2.45, 2.75) is 31.6 Å². The van der Waals surface area contributed by atoms with Crippen LogP contribution in [0.25, 0.3) is 22.2 Å². The fraction of sp³-hybridized carbons (Fsp3) is 0.208. The summed E-state index contributed by atoms with van der Waals surface area (Å²) in [5.74, 6) is -1.19. The molecule has 0 fully saturated rings.